The third-order valence-electron chi connectivity index (χ3n) is 4.59. The summed E-state index contributed by atoms with van der Waals surface area (Å²) >= 11 is 5.81. The Labute approximate surface area is 144 Å². The van der Waals surface area contributed by atoms with Crippen molar-refractivity contribution in [2.75, 3.05) is 6.54 Å². The average Bonchev–Trinajstić information content (AvgIpc) is 3.17. The van der Waals surface area contributed by atoms with Gasteiger partial charge < -0.3 is 11.1 Å². The van der Waals surface area contributed by atoms with Crippen molar-refractivity contribution in [3.8, 4) is 5.69 Å². The highest BCUT2D eigenvalue weighted by molar-refractivity contribution is 6.30. The molecular weight excluding hydrogens is 333 g/mol. The first-order valence-corrected chi connectivity index (χ1v) is 8.24. The minimum Gasteiger partial charge on any atom is -0.344 e. The van der Waals surface area contributed by atoms with E-state index in [0.29, 0.717) is 17.9 Å². The van der Waals surface area contributed by atoms with Gasteiger partial charge in [-0.1, -0.05) is 29.7 Å². The second-order valence-electron chi connectivity index (χ2n) is 6.18. The van der Waals surface area contributed by atoms with Crippen LogP contribution < -0.4 is 11.1 Å². The summed E-state index contributed by atoms with van der Waals surface area (Å²) in [5.74, 6) is -0.804. The number of aromatic nitrogens is 3. The molecule has 2 aromatic rings. The fourth-order valence-corrected chi connectivity index (χ4v) is 3.31. The third kappa shape index (κ3) is 3.01. The topological polar surface area (TPSA) is 85.8 Å². The Balaban J connectivity index is 1.86. The van der Waals surface area contributed by atoms with E-state index in [0.717, 1.165) is 25.7 Å². The summed E-state index contributed by atoms with van der Waals surface area (Å²) in [6, 6.07) is 4.22. The van der Waals surface area contributed by atoms with E-state index >= 15 is 0 Å². The van der Waals surface area contributed by atoms with E-state index < -0.39 is 5.82 Å². The Morgan fingerprint density at radius 1 is 1.46 bits per heavy atom. The van der Waals surface area contributed by atoms with Crippen molar-refractivity contribution < 1.29 is 9.18 Å². The fourth-order valence-electron chi connectivity index (χ4n) is 3.13. The Hall–Kier alpha value is -1.99. The molecule has 24 heavy (non-hydrogen) atoms. The van der Waals surface area contributed by atoms with E-state index in [1.807, 2.05) is 0 Å². The van der Waals surface area contributed by atoms with Gasteiger partial charge in [0, 0.05) is 6.54 Å². The number of rotatable bonds is 4. The normalized spacial score (nSPS) is 16.3. The first-order chi connectivity index (χ1) is 11.5. The molecule has 0 unspecified atom stereocenters. The van der Waals surface area contributed by atoms with Crippen molar-refractivity contribution in [3.63, 3.8) is 0 Å². The number of amides is 1. The lowest BCUT2D eigenvalue weighted by atomic mass is 9.97. The highest BCUT2D eigenvalue weighted by Gasteiger charge is 2.35. The van der Waals surface area contributed by atoms with Gasteiger partial charge in [-0.3, -0.25) is 4.79 Å². The summed E-state index contributed by atoms with van der Waals surface area (Å²) in [4.78, 5) is 12.6. The Morgan fingerprint density at radius 2 is 2.17 bits per heavy atom. The van der Waals surface area contributed by atoms with Gasteiger partial charge in [0.1, 0.15) is 5.82 Å². The molecule has 3 N–H and O–H groups in total. The number of hydrogen-bond donors (Lipinski definition) is 2. The van der Waals surface area contributed by atoms with E-state index in [4.69, 9.17) is 17.3 Å². The number of halogens is 2. The SMILES string of the molecule is Cc1c(C(=O)NC2(CN)CCCC2)nnn1-c1ccc(F)c(Cl)c1. The summed E-state index contributed by atoms with van der Waals surface area (Å²) < 4.78 is 14.8. The summed E-state index contributed by atoms with van der Waals surface area (Å²) in [6.07, 6.45) is 3.85. The molecule has 1 fully saturated rings. The number of carbonyl (C=O) groups is 1. The summed E-state index contributed by atoms with van der Waals surface area (Å²) in [6.45, 7) is 2.13. The lowest BCUT2D eigenvalue weighted by molar-refractivity contribution is 0.0897. The van der Waals surface area contributed by atoms with Gasteiger partial charge in [-0.25, -0.2) is 9.07 Å². The van der Waals surface area contributed by atoms with Crippen LogP contribution in [0.2, 0.25) is 5.02 Å². The number of nitrogens with two attached hydrogens (primary N) is 1. The molecule has 8 heteroatoms. The second kappa shape index (κ2) is 6.49. The molecule has 0 aliphatic heterocycles. The van der Waals surface area contributed by atoms with Crippen molar-refractivity contribution in [1.82, 2.24) is 20.3 Å². The standard InChI is InChI=1S/C16H19ClFN5O/c1-10-14(15(24)20-16(9-19)6-2-3-7-16)21-22-23(10)11-4-5-13(18)12(17)8-11/h4-5,8H,2-3,6-7,9,19H2,1H3,(H,20,24). The van der Waals surface area contributed by atoms with Crippen LogP contribution in [0.1, 0.15) is 41.9 Å². The van der Waals surface area contributed by atoms with E-state index in [2.05, 4.69) is 15.6 Å². The van der Waals surface area contributed by atoms with Gasteiger partial charge in [0.15, 0.2) is 5.69 Å². The largest absolute Gasteiger partial charge is 0.344 e. The van der Waals surface area contributed by atoms with Crippen LogP contribution >= 0.6 is 11.6 Å². The number of hydrogen-bond acceptors (Lipinski definition) is 4. The number of carbonyl (C=O) groups excluding carboxylic acids is 1. The minimum absolute atomic E-state index is 0.0126. The zero-order chi connectivity index (χ0) is 17.3. The predicted octanol–water partition coefficient (Wildman–Crippen LogP) is 2.37. The van der Waals surface area contributed by atoms with Gasteiger partial charge in [-0.2, -0.15) is 0 Å². The molecule has 0 saturated heterocycles. The van der Waals surface area contributed by atoms with Gasteiger partial charge in [-0.05, 0) is 38.0 Å². The average molecular weight is 352 g/mol. The highest BCUT2D eigenvalue weighted by atomic mass is 35.5. The summed E-state index contributed by atoms with van der Waals surface area (Å²) in [5, 5.41) is 11.0. The maximum absolute atomic E-state index is 13.3. The van der Waals surface area contributed by atoms with Crippen molar-refractivity contribution in [1.29, 1.82) is 0 Å². The number of nitrogens with one attached hydrogen (secondary N) is 1. The van der Waals surface area contributed by atoms with E-state index in [-0.39, 0.29) is 22.2 Å². The van der Waals surface area contributed by atoms with E-state index in [1.165, 1.54) is 22.9 Å². The third-order valence-corrected chi connectivity index (χ3v) is 4.88. The van der Waals surface area contributed by atoms with Gasteiger partial charge in [0.05, 0.1) is 21.9 Å². The molecule has 1 aliphatic rings. The fraction of sp³-hybridized carbons (Fsp3) is 0.438. The molecule has 1 aromatic carbocycles. The molecule has 3 rings (SSSR count). The predicted molar refractivity (Wildman–Crippen MR) is 88.8 cm³/mol. The van der Waals surface area contributed by atoms with Gasteiger partial charge in [0.25, 0.3) is 5.91 Å². The quantitative estimate of drug-likeness (QED) is 0.885. The molecule has 1 aromatic heterocycles. The van der Waals surface area contributed by atoms with Gasteiger partial charge in [0.2, 0.25) is 0 Å². The van der Waals surface area contributed by atoms with Crippen LogP contribution in [-0.4, -0.2) is 33.0 Å². The Bertz CT molecular complexity index is 770. The molecule has 0 atom stereocenters. The second-order valence-corrected chi connectivity index (χ2v) is 6.59. The summed E-state index contributed by atoms with van der Waals surface area (Å²) in [5.41, 5.74) is 6.83. The molecule has 128 valence electrons. The molecule has 6 nitrogen and oxygen atoms in total. The zero-order valence-electron chi connectivity index (χ0n) is 13.4. The van der Waals surface area contributed by atoms with Crippen LogP contribution in [0.3, 0.4) is 0 Å². The van der Waals surface area contributed by atoms with Crippen molar-refractivity contribution >= 4 is 17.5 Å². The highest BCUT2D eigenvalue weighted by Crippen LogP contribution is 2.29. The molecule has 0 radical (unpaired) electrons. The molecular formula is C16H19ClFN5O. The van der Waals surface area contributed by atoms with Gasteiger partial charge >= 0.3 is 0 Å². The molecule has 1 saturated carbocycles. The van der Waals surface area contributed by atoms with Crippen LogP contribution in [0.25, 0.3) is 5.69 Å². The first-order valence-electron chi connectivity index (χ1n) is 7.86. The Morgan fingerprint density at radius 3 is 2.79 bits per heavy atom. The maximum Gasteiger partial charge on any atom is 0.274 e. The van der Waals surface area contributed by atoms with Crippen molar-refractivity contribution in [3.05, 3.63) is 40.4 Å². The lowest BCUT2D eigenvalue weighted by Gasteiger charge is -2.28. The lowest BCUT2D eigenvalue weighted by Crippen LogP contribution is -2.51. The van der Waals surface area contributed by atoms with E-state index in [1.54, 1.807) is 6.92 Å². The zero-order valence-corrected chi connectivity index (χ0v) is 14.1. The number of nitrogens with zero attached hydrogens (tertiary/aromatic N) is 3. The maximum atomic E-state index is 13.3. The first kappa shape index (κ1) is 16.9. The van der Waals surface area contributed by atoms with Crippen LogP contribution in [0.4, 0.5) is 4.39 Å². The smallest absolute Gasteiger partial charge is 0.274 e. The molecule has 1 aliphatic carbocycles. The minimum atomic E-state index is -0.512. The van der Waals surface area contributed by atoms with Crippen molar-refractivity contribution in [2.45, 2.75) is 38.1 Å². The van der Waals surface area contributed by atoms with Gasteiger partial charge in [-0.15, -0.1) is 5.10 Å². The van der Waals surface area contributed by atoms with E-state index in [9.17, 15) is 9.18 Å². The van der Waals surface area contributed by atoms with Crippen molar-refractivity contribution in [2.24, 2.45) is 5.73 Å². The van der Waals surface area contributed by atoms with Crippen LogP contribution in [0.15, 0.2) is 18.2 Å². The van der Waals surface area contributed by atoms with Crippen LogP contribution in [-0.2, 0) is 0 Å². The Kier molecular flexibility index (Phi) is 4.56. The molecule has 0 bridgehead atoms. The monoisotopic (exact) mass is 351 g/mol. The van der Waals surface area contributed by atoms with Crippen LogP contribution in [0.5, 0.6) is 0 Å². The summed E-state index contributed by atoms with van der Waals surface area (Å²) in [7, 11) is 0. The molecule has 0 spiro atoms. The molecule has 1 heterocycles. The molecule has 1 amide bonds. The van der Waals surface area contributed by atoms with Crippen LogP contribution in [0, 0.1) is 12.7 Å². The number of benzene rings is 1.